The van der Waals surface area contributed by atoms with Crippen molar-refractivity contribution in [2.24, 2.45) is 11.8 Å². The molecule has 1 aliphatic carbocycles. The lowest BCUT2D eigenvalue weighted by Crippen LogP contribution is -2.12. The largest absolute Gasteiger partial charge is 0.493 e. The van der Waals surface area contributed by atoms with Crippen molar-refractivity contribution >= 4 is 16.9 Å². The molecular formula is C35H41NO4. The summed E-state index contributed by atoms with van der Waals surface area (Å²) in [7, 11) is 0. The molecule has 0 radical (unpaired) electrons. The smallest absolute Gasteiger partial charge is 0.353 e. The predicted octanol–water partition coefficient (Wildman–Crippen LogP) is 8.57. The number of benzene rings is 3. The fraction of sp³-hybridized carbons (Fsp3) is 0.400. The first-order valence-corrected chi connectivity index (χ1v) is 14.4. The Morgan fingerprint density at radius 1 is 0.975 bits per heavy atom. The van der Waals surface area contributed by atoms with E-state index in [-0.39, 0.29) is 11.1 Å². The first-order chi connectivity index (χ1) is 19.1. The molecule has 0 bridgehead atoms. The molecule has 40 heavy (non-hydrogen) atoms. The molecule has 1 N–H and O–H groups in total. The number of para-hydroxylation sites is 1. The number of ether oxygens (including phenoxy) is 2. The highest BCUT2D eigenvalue weighted by atomic mass is 16.5. The molecule has 0 aliphatic heterocycles. The van der Waals surface area contributed by atoms with Gasteiger partial charge in [-0.15, -0.1) is 0 Å². The molecule has 210 valence electrons. The maximum atomic E-state index is 12.9. The fourth-order valence-corrected chi connectivity index (χ4v) is 5.10. The first kappa shape index (κ1) is 27.8. The van der Waals surface area contributed by atoms with Crippen LogP contribution in [0.4, 0.5) is 0 Å². The van der Waals surface area contributed by atoms with E-state index in [1.165, 1.54) is 18.4 Å². The number of carboxylic acid groups (broad SMARTS) is 1. The number of aromatic nitrogens is 1. The molecule has 0 amide bonds. The number of hydrogen-bond acceptors (Lipinski definition) is 3. The van der Waals surface area contributed by atoms with E-state index in [4.69, 9.17) is 9.47 Å². The van der Waals surface area contributed by atoms with Gasteiger partial charge in [0.05, 0.1) is 13.2 Å². The summed E-state index contributed by atoms with van der Waals surface area (Å²) >= 11 is 0. The lowest BCUT2D eigenvalue weighted by atomic mass is 9.86. The highest BCUT2D eigenvalue weighted by Gasteiger charge is 2.25. The number of aromatic carboxylic acids is 1. The monoisotopic (exact) mass is 539 g/mol. The normalized spacial score (nSPS) is 13.7. The average molecular weight is 540 g/mol. The van der Waals surface area contributed by atoms with Crippen molar-refractivity contribution in [2.45, 2.75) is 65.8 Å². The van der Waals surface area contributed by atoms with Gasteiger partial charge in [-0.1, -0.05) is 77.1 Å². The van der Waals surface area contributed by atoms with Gasteiger partial charge in [0, 0.05) is 29.1 Å². The molecule has 0 saturated heterocycles. The minimum absolute atomic E-state index is 0.0176. The van der Waals surface area contributed by atoms with Gasteiger partial charge in [0.1, 0.15) is 17.2 Å². The van der Waals surface area contributed by atoms with E-state index in [0.29, 0.717) is 31.6 Å². The fourth-order valence-electron chi connectivity index (χ4n) is 5.10. The maximum Gasteiger partial charge on any atom is 0.353 e. The number of rotatable bonds is 11. The Labute approximate surface area is 237 Å². The molecule has 1 heterocycles. The zero-order valence-corrected chi connectivity index (χ0v) is 24.4. The average Bonchev–Trinajstić information content (AvgIpc) is 3.68. The third kappa shape index (κ3) is 6.35. The molecule has 0 atom stereocenters. The number of nitrogens with zero attached hydrogens (tertiary/aromatic N) is 1. The molecule has 4 aromatic rings. The molecule has 5 rings (SSSR count). The van der Waals surface area contributed by atoms with E-state index < -0.39 is 5.97 Å². The van der Waals surface area contributed by atoms with Crippen molar-refractivity contribution in [3.63, 3.8) is 0 Å². The predicted molar refractivity (Wildman–Crippen MR) is 162 cm³/mol. The Balaban J connectivity index is 1.56. The zero-order chi connectivity index (χ0) is 28.4. The second kappa shape index (κ2) is 11.4. The van der Waals surface area contributed by atoms with E-state index >= 15 is 0 Å². The Morgan fingerprint density at radius 2 is 1.65 bits per heavy atom. The zero-order valence-electron chi connectivity index (χ0n) is 24.4. The highest BCUT2D eigenvalue weighted by Crippen LogP contribution is 2.37. The number of carboxylic acids is 1. The van der Waals surface area contributed by atoms with Gasteiger partial charge in [0.25, 0.3) is 0 Å². The molecule has 5 nitrogen and oxygen atoms in total. The van der Waals surface area contributed by atoms with Crippen LogP contribution in [0.25, 0.3) is 22.0 Å². The van der Waals surface area contributed by atoms with Crippen molar-refractivity contribution in [3.8, 4) is 22.6 Å². The van der Waals surface area contributed by atoms with Gasteiger partial charge in [0.15, 0.2) is 0 Å². The SMILES string of the molecule is CC(C)CCOc1cc(Cn2c(C(=O)O)c(-c3ccc(C(C)(C)C)cc3)c3ccccc32)cc(OCC2CC2)c1. The van der Waals surface area contributed by atoms with Crippen LogP contribution in [0.5, 0.6) is 11.5 Å². The second-order valence-electron chi connectivity index (χ2n) is 12.6. The Bertz CT molecular complexity index is 1490. The molecule has 1 fully saturated rings. The molecule has 0 unspecified atom stereocenters. The van der Waals surface area contributed by atoms with Gasteiger partial charge in [-0.25, -0.2) is 4.79 Å². The van der Waals surface area contributed by atoms with Crippen LogP contribution < -0.4 is 9.47 Å². The molecule has 3 aromatic carbocycles. The summed E-state index contributed by atoms with van der Waals surface area (Å²) in [6.45, 7) is 12.6. The van der Waals surface area contributed by atoms with Crippen LogP contribution in [0.2, 0.25) is 0 Å². The highest BCUT2D eigenvalue weighted by molar-refractivity contribution is 6.08. The summed E-state index contributed by atoms with van der Waals surface area (Å²) in [5, 5.41) is 11.5. The number of carbonyl (C=O) groups is 1. The Morgan fingerprint density at radius 3 is 2.27 bits per heavy atom. The molecule has 1 aliphatic rings. The summed E-state index contributed by atoms with van der Waals surface area (Å²) in [6.07, 6.45) is 3.40. The number of fused-ring (bicyclic) bond motifs is 1. The summed E-state index contributed by atoms with van der Waals surface area (Å²) in [5.41, 5.74) is 5.01. The quantitative estimate of drug-likeness (QED) is 0.207. The van der Waals surface area contributed by atoms with Crippen molar-refractivity contribution in [3.05, 3.63) is 83.6 Å². The van der Waals surface area contributed by atoms with Gasteiger partial charge in [-0.05, 0) is 71.4 Å². The Kier molecular flexibility index (Phi) is 7.93. The molecule has 1 aromatic heterocycles. The van der Waals surface area contributed by atoms with Crippen LogP contribution in [0.1, 0.15) is 75.5 Å². The third-order valence-electron chi connectivity index (χ3n) is 7.64. The van der Waals surface area contributed by atoms with Gasteiger partial charge in [0.2, 0.25) is 0 Å². The van der Waals surface area contributed by atoms with E-state index in [2.05, 4.69) is 46.8 Å². The van der Waals surface area contributed by atoms with Crippen molar-refractivity contribution in [1.29, 1.82) is 0 Å². The van der Waals surface area contributed by atoms with E-state index in [0.717, 1.165) is 45.5 Å². The molecular weight excluding hydrogens is 498 g/mol. The molecule has 1 saturated carbocycles. The van der Waals surface area contributed by atoms with Crippen LogP contribution in [0.15, 0.2) is 66.7 Å². The van der Waals surface area contributed by atoms with Crippen molar-refractivity contribution < 1.29 is 19.4 Å². The van der Waals surface area contributed by atoms with Crippen LogP contribution >= 0.6 is 0 Å². The second-order valence-corrected chi connectivity index (χ2v) is 12.6. The Hall–Kier alpha value is -3.73. The van der Waals surface area contributed by atoms with Crippen LogP contribution in [-0.4, -0.2) is 28.9 Å². The molecule has 0 spiro atoms. The first-order valence-electron chi connectivity index (χ1n) is 14.4. The minimum Gasteiger partial charge on any atom is -0.493 e. The van der Waals surface area contributed by atoms with Crippen molar-refractivity contribution in [1.82, 2.24) is 4.57 Å². The van der Waals surface area contributed by atoms with Gasteiger partial charge >= 0.3 is 5.97 Å². The maximum absolute atomic E-state index is 12.9. The van der Waals surface area contributed by atoms with E-state index in [1.54, 1.807) is 0 Å². The van der Waals surface area contributed by atoms with Crippen molar-refractivity contribution in [2.75, 3.05) is 13.2 Å². The summed E-state index contributed by atoms with van der Waals surface area (Å²) in [5.74, 6) is 1.77. The number of hydrogen-bond donors (Lipinski definition) is 1. The minimum atomic E-state index is -0.944. The van der Waals surface area contributed by atoms with E-state index in [1.807, 2.05) is 59.2 Å². The third-order valence-corrected chi connectivity index (χ3v) is 7.64. The van der Waals surface area contributed by atoms with Crippen LogP contribution in [0.3, 0.4) is 0 Å². The summed E-state index contributed by atoms with van der Waals surface area (Å²) in [4.78, 5) is 12.9. The van der Waals surface area contributed by atoms with Gasteiger partial charge in [-0.2, -0.15) is 0 Å². The van der Waals surface area contributed by atoms with Gasteiger partial charge < -0.3 is 19.1 Å². The van der Waals surface area contributed by atoms with Gasteiger partial charge in [-0.3, -0.25) is 0 Å². The van der Waals surface area contributed by atoms with Crippen LogP contribution in [-0.2, 0) is 12.0 Å². The lowest BCUT2D eigenvalue weighted by Gasteiger charge is -2.19. The van der Waals surface area contributed by atoms with E-state index in [9.17, 15) is 9.90 Å². The summed E-state index contributed by atoms with van der Waals surface area (Å²) < 4.78 is 14.2. The molecule has 5 heteroatoms. The summed E-state index contributed by atoms with van der Waals surface area (Å²) in [6, 6.07) is 22.3. The standard InChI is InChI=1S/C35H41NO4/c1-23(2)16-17-39-28-18-25(19-29(20-28)40-22-24-10-11-24)21-36-31-9-7-6-8-30(31)32(33(36)34(37)38)26-12-14-27(15-13-26)35(3,4)5/h6-9,12-15,18-20,23-24H,10-11,16-17,21-22H2,1-5H3,(H,37,38). The van der Waals surface area contributed by atoms with Crippen LogP contribution in [0, 0.1) is 11.8 Å². The lowest BCUT2D eigenvalue weighted by molar-refractivity contribution is 0.0687. The topological polar surface area (TPSA) is 60.7 Å².